The van der Waals surface area contributed by atoms with E-state index in [0.717, 1.165) is 19.4 Å². The number of carbonyl (C=O) groups is 1. The van der Waals surface area contributed by atoms with E-state index in [0.29, 0.717) is 5.41 Å². The van der Waals surface area contributed by atoms with Gasteiger partial charge in [0.05, 0.1) is 0 Å². The molecule has 0 aromatic carbocycles. The van der Waals surface area contributed by atoms with Crippen LogP contribution in [0.5, 0.6) is 0 Å². The molecule has 2 saturated carbocycles. The molecular formula is C18H31NO. The van der Waals surface area contributed by atoms with Gasteiger partial charge in [0.15, 0.2) is 0 Å². The lowest BCUT2D eigenvalue weighted by atomic mass is 9.75. The second kappa shape index (κ2) is 6.17. The maximum absolute atomic E-state index is 11.7. The minimum atomic E-state index is -0.00329. The molecule has 0 unspecified atom stereocenters. The Morgan fingerprint density at radius 3 is 1.85 bits per heavy atom. The number of likely N-dealkylation sites (tertiary alicyclic amines) is 1. The van der Waals surface area contributed by atoms with Crippen molar-refractivity contribution in [3.63, 3.8) is 0 Å². The first-order chi connectivity index (χ1) is 9.76. The van der Waals surface area contributed by atoms with Crippen molar-refractivity contribution >= 4 is 6.29 Å². The standard InChI is InChI=1S/C18H31NO/c20-16-18(9-3-1-2-4-10-18)15-19-13-11-17(12-14-19)7-5-6-8-17/h16H,1-15H2. The van der Waals surface area contributed by atoms with Gasteiger partial charge in [-0.2, -0.15) is 0 Å². The van der Waals surface area contributed by atoms with Gasteiger partial charge in [0.2, 0.25) is 0 Å². The molecule has 114 valence electrons. The lowest BCUT2D eigenvalue weighted by Crippen LogP contribution is -2.45. The van der Waals surface area contributed by atoms with E-state index in [2.05, 4.69) is 4.90 Å². The predicted octanol–water partition coefficient (Wildman–Crippen LogP) is 4.18. The van der Waals surface area contributed by atoms with Crippen LogP contribution in [0.25, 0.3) is 0 Å². The van der Waals surface area contributed by atoms with Crippen LogP contribution in [0, 0.1) is 10.8 Å². The van der Waals surface area contributed by atoms with E-state index >= 15 is 0 Å². The Kier molecular flexibility index (Phi) is 4.49. The first kappa shape index (κ1) is 14.6. The van der Waals surface area contributed by atoms with Crippen molar-refractivity contribution in [2.45, 2.75) is 77.0 Å². The molecule has 0 aromatic heterocycles. The smallest absolute Gasteiger partial charge is 0.127 e. The highest BCUT2D eigenvalue weighted by Crippen LogP contribution is 2.46. The zero-order chi connectivity index (χ0) is 13.9. The summed E-state index contributed by atoms with van der Waals surface area (Å²) in [4.78, 5) is 14.3. The summed E-state index contributed by atoms with van der Waals surface area (Å²) in [5.41, 5.74) is 0.699. The summed E-state index contributed by atoms with van der Waals surface area (Å²) in [5.74, 6) is 0. The highest BCUT2D eigenvalue weighted by Gasteiger charge is 2.39. The van der Waals surface area contributed by atoms with Crippen molar-refractivity contribution in [3.05, 3.63) is 0 Å². The zero-order valence-corrected chi connectivity index (χ0v) is 13.0. The Morgan fingerprint density at radius 1 is 0.750 bits per heavy atom. The number of hydrogen-bond acceptors (Lipinski definition) is 2. The summed E-state index contributed by atoms with van der Waals surface area (Å²) in [5, 5.41) is 0. The van der Waals surface area contributed by atoms with Crippen molar-refractivity contribution in [2.75, 3.05) is 19.6 Å². The van der Waals surface area contributed by atoms with Gasteiger partial charge in [0.1, 0.15) is 6.29 Å². The highest BCUT2D eigenvalue weighted by atomic mass is 16.1. The molecule has 1 saturated heterocycles. The fraction of sp³-hybridized carbons (Fsp3) is 0.944. The Labute approximate surface area is 124 Å². The first-order valence-electron chi connectivity index (χ1n) is 8.95. The van der Waals surface area contributed by atoms with Gasteiger partial charge in [-0.25, -0.2) is 0 Å². The number of carbonyl (C=O) groups excluding carboxylic acids is 1. The number of aldehydes is 1. The van der Waals surface area contributed by atoms with E-state index in [4.69, 9.17) is 0 Å². The summed E-state index contributed by atoms with van der Waals surface area (Å²) in [6.45, 7) is 3.54. The fourth-order valence-electron chi connectivity index (χ4n) is 5.00. The SMILES string of the molecule is O=CC1(CN2CCC3(CCCC3)CC2)CCCCCC1. The van der Waals surface area contributed by atoms with Gasteiger partial charge in [-0.3, -0.25) is 0 Å². The molecule has 0 N–H and O–H groups in total. The van der Waals surface area contributed by atoms with Crippen LogP contribution in [0.2, 0.25) is 0 Å². The molecular weight excluding hydrogens is 246 g/mol. The molecule has 0 atom stereocenters. The number of piperidine rings is 1. The summed E-state index contributed by atoms with van der Waals surface area (Å²) < 4.78 is 0. The number of rotatable bonds is 3. The van der Waals surface area contributed by atoms with Gasteiger partial charge in [0.25, 0.3) is 0 Å². The maximum atomic E-state index is 11.7. The third kappa shape index (κ3) is 3.10. The van der Waals surface area contributed by atoms with Crippen molar-refractivity contribution in [1.82, 2.24) is 4.90 Å². The normalized spacial score (nSPS) is 30.2. The Balaban J connectivity index is 1.56. The predicted molar refractivity (Wildman–Crippen MR) is 82.8 cm³/mol. The number of hydrogen-bond donors (Lipinski definition) is 0. The third-order valence-corrected chi connectivity index (χ3v) is 6.47. The largest absolute Gasteiger partial charge is 0.303 e. The van der Waals surface area contributed by atoms with Crippen LogP contribution in [-0.2, 0) is 4.79 Å². The highest BCUT2D eigenvalue weighted by molar-refractivity contribution is 5.59. The molecule has 1 aliphatic heterocycles. The van der Waals surface area contributed by atoms with Crippen LogP contribution in [0.3, 0.4) is 0 Å². The van der Waals surface area contributed by atoms with E-state index < -0.39 is 0 Å². The van der Waals surface area contributed by atoms with E-state index in [1.54, 1.807) is 0 Å². The Hall–Kier alpha value is -0.370. The second-order valence-corrected chi connectivity index (χ2v) is 7.88. The van der Waals surface area contributed by atoms with Crippen molar-refractivity contribution in [2.24, 2.45) is 10.8 Å². The molecule has 0 aromatic rings. The molecule has 1 heterocycles. The number of nitrogens with zero attached hydrogens (tertiary/aromatic N) is 1. The monoisotopic (exact) mass is 277 g/mol. The summed E-state index contributed by atoms with van der Waals surface area (Å²) in [6.07, 6.45) is 17.4. The van der Waals surface area contributed by atoms with Gasteiger partial charge >= 0.3 is 0 Å². The van der Waals surface area contributed by atoms with Gasteiger partial charge < -0.3 is 9.69 Å². The molecule has 3 fully saturated rings. The summed E-state index contributed by atoms with van der Waals surface area (Å²) in [7, 11) is 0. The first-order valence-corrected chi connectivity index (χ1v) is 8.95. The molecule has 2 heteroatoms. The van der Waals surface area contributed by atoms with Gasteiger partial charge in [-0.15, -0.1) is 0 Å². The minimum absolute atomic E-state index is 0.00329. The molecule has 2 nitrogen and oxygen atoms in total. The van der Waals surface area contributed by atoms with Crippen LogP contribution < -0.4 is 0 Å². The van der Waals surface area contributed by atoms with E-state index in [1.165, 1.54) is 83.6 Å². The third-order valence-electron chi connectivity index (χ3n) is 6.47. The van der Waals surface area contributed by atoms with Crippen LogP contribution >= 0.6 is 0 Å². The van der Waals surface area contributed by atoms with Gasteiger partial charge in [-0.1, -0.05) is 38.5 Å². The van der Waals surface area contributed by atoms with Crippen LogP contribution in [0.1, 0.15) is 77.0 Å². The lowest BCUT2D eigenvalue weighted by molar-refractivity contribution is -0.118. The molecule has 20 heavy (non-hydrogen) atoms. The zero-order valence-electron chi connectivity index (χ0n) is 13.0. The Bertz CT molecular complexity index is 314. The van der Waals surface area contributed by atoms with Gasteiger partial charge in [-0.05, 0) is 57.0 Å². The van der Waals surface area contributed by atoms with E-state index in [-0.39, 0.29) is 5.41 Å². The van der Waals surface area contributed by atoms with Crippen LogP contribution in [0.15, 0.2) is 0 Å². The van der Waals surface area contributed by atoms with Crippen molar-refractivity contribution < 1.29 is 4.79 Å². The molecule has 0 amide bonds. The quantitative estimate of drug-likeness (QED) is 0.569. The molecule has 3 rings (SSSR count). The van der Waals surface area contributed by atoms with Crippen LogP contribution in [0.4, 0.5) is 0 Å². The van der Waals surface area contributed by atoms with Crippen LogP contribution in [-0.4, -0.2) is 30.8 Å². The van der Waals surface area contributed by atoms with Gasteiger partial charge in [0, 0.05) is 12.0 Å². The summed E-state index contributed by atoms with van der Waals surface area (Å²) >= 11 is 0. The van der Waals surface area contributed by atoms with Crippen molar-refractivity contribution in [1.29, 1.82) is 0 Å². The Morgan fingerprint density at radius 2 is 1.30 bits per heavy atom. The maximum Gasteiger partial charge on any atom is 0.127 e. The average Bonchev–Trinajstić information content (AvgIpc) is 2.80. The molecule has 0 radical (unpaired) electrons. The minimum Gasteiger partial charge on any atom is -0.303 e. The molecule has 2 aliphatic carbocycles. The average molecular weight is 277 g/mol. The lowest BCUT2D eigenvalue weighted by Gasteiger charge is -2.42. The van der Waals surface area contributed by atoms with Crippen molar-refractivity contribution in [3.8, 4) is 0 Å². The molecule has 3 aliphatic rings. The van der Waals surface area contributed by atoms with E-state index in [1.807, 2.05) is 0 Å². The fourth-order valence-corrected chi connectivity index (χ4v) is 5.00. The molecule has 0 bridgehead atoms. The summed E-state index contributed by atoms with van der Waals surface area (Å²) in [6, 6.07) is 0. The second-order valence-electron chi connectivity index (χ2n) is 7.88. The van der Waals surface area contributed by atoms with E-state index in [9.17, 15) is 4.79 Å². The molecule has 1 spiro atoms. The topological polar surface area (TPSA) is 20.3 Å².